The van der Waals surface area contributed by atoms with Gasteiger partial charge in [0.1, 0.15) is 0 Å². The molecule has 1 unspecified atom stereocenters. The lowest BCUT2D eigenvalue weighted by Gasteiger charge is -2.36. The zero-order chi connectivity index (χ0) is 24.8. The summed E-state index contributed by atoms with van der Waals surface area (Å²) in [7, 11) is 0. The second-order valence-electron chi connectivity index (χ2n) is 9.06. The number of ether oxygens (including phenoxy) is 1. The number of esters is 1. The van der Waals surface area contributed by atoms with Crippen molar-refractivity contribution in [2.45, 2.75) is 44.2 Å². The van der Waals surface area contributed by atoms with Crippen LogP contribution in [0.15, 0.2) is 78.9 Å². The molecule has 0 spiro atoms. The second kappa shape index (κ2) is 11.1. The van der Waals surface area contributed by atoms with Gasteiger partial charge in [0.15, 0.2) is 5.60 Å². The molecule has 0 radical (unpaired) electrons. The van der Waals surface area contributed by atoms with Gasteiger partial charge in [-0.3, -0.25) is 9.59 Å². The molecule has 35 heavy (non-hydrogen) atoms. The topological polar surface area (TPSA) is 72.6 Å². The van der Waals surface area contributed by atoms with Crippen LogP contribution in [0, 0.1) is 6.92 Å². The summed E-state index contributed by atoms with van der Waals surface area (Å²) in [6.07, 6.45) is 2.80. The first-order chi connectivity index (χ1) is 16.9. The molecule has 0 aromatic heterocycles. The van der Waals surface area contributed by atoms with Crippen LogP contribution in [-0.4, -0.2) is 35.9 Å². The van der Waals surface area contributed by atoms with Crippen molar-refractivity contribution in [3.8, 4) is 0 Å². The Morgan fingerprint density at radius 2 is 1.51 bits per heavy atom. The fourth-order valence-corrected chi connectivity index (χ4v) is 4.96. The Morgan fingerprint density at radius 1 is 0.914 bits per heavy atom. The van der Waals surface area contributed by atoms with E-state index in [9.17, 15) is 9.59 Å². The van der Waals surface area contributed by atoms with Gasteiger partial charge in [-0.25, -0.2) is 0 Å². The quantitative estimate of drug-likeness (QED) is 0.364. The van der Waals surface area contributed by atoms with E-state index in [0.717, 1.165) is 36.0 Å². The SMILES string of the molecule is Cc1ccc(C(OC(=O)C[C@H](N)C(=O)N2CCCCC2)(c2ccccc2)c2ccccc2Cl)cc1. The predicted molar refractivity (Wildman–Crippen MR) is 138 cm³/mol. The Balaban J connectivity index is 1.74. The molecule has 6 heteroatoms. The first-order valence-electron chi connectivity index (χ1n) is 12.1. The standard InChI is InChI=1S/C29H31ClN2O3/c1-21-14-16-23(17-15-21)29(22-10-4-2-5-11-22,24-12-6-7-13-25(24)30)35-27(33)20-26(31)28(34)32-18-8-3-9-19-32/h2,4-7,10-17,26H,3,8-9,18-20,31H2,1H3/t26-,29?/m0/s1. The molecule has 1 aliphatic heterocycles. The zero-order valence-electron chi connectivity index (χ0n) is 20.0. The Labute approximate surface area is 211 Å². The van der Waals surface area contributed by atoms with Crippen LogP contribution in [0.3, 0.4) is 0 Å². The van der Waals surface area contributed by atoms with E-state index in [2.05, 4.69) is 0 Å². The van der Waals surface area contributed by atoms with Crippen LogP contribution in [0.1, 0.15) is 47.9 Å². The number of piperidine rings is 1. The second-order valence-corrected chi connectivity index (χ2v) is 9.47. The maximum absolute atomic E-state index is 13.4. The van der Waals surface area contributed by atoms with E-state index in [1.165, 1.54) is 0 Å². The smallest absolute Gasteiger partial charge is 0.309 e. The number of halogens is 1. The molecule has 3 aromatic carbocycles. The van der Waals surface area contributed by atoms with Crippen molar-refractivity contribution in [2.24, 2.45) is 5.73 Å². The first-order valence-corrected chi connectivity index (χ1v) is 12.4. The summed E-state index contributed by atoms with van der Waals surface area (Å²) in [5, 5.41) is 0.471. The van der Waals surface area contributed by atoms with Crippen molar-refractivity contribution < 1.29 is 14.3 Å². The Bertz CT molecular complexity index is 1160. The van der Waals surface area contributed by atoms with Gasteiger partial charge < -0.3 is 15.4 Å². The summed E-state index contributed by atoms with van der Waals surface area (Å²) in [6.45, 7) is 3.36. The number of likely N-dealkylation sites (tertiary alicyclic amines) is 1. The average Bonchev–Trinajstić information content (AvgIpc) is 2.89. The summed E-state index contributed by atoms with van der Waals surface area (Å²) < 4.78 is 6.35. The third-order valence-electron chi connectivity index (χ3n) is 6.53. The lowest BCUT2D eigenvalue weighted by atomic mass is 9.79. The van der Waals surface area contributed by atoms with Gasteiger partial charge in [0.25, 0.3) is 0 Å². The van der Waals surface area contributed by atoms with Crippen LogP contribution in [0.25, 0.3) is 0 Å². The number of carbonyl (C=O) groups excluding carboxylic acids is 2. The van der Waals surface area contributed by atoms with Crippen molar-refractivity contribution in [2.75, 3.05) is 13.1 Å². The van der Waals surface area contributed by atoms with Crippen LogP contribution in [0.2, 0.25) is 5.02 Å². The molecule has 1 saturated heterocycles. The maximum atomic E-state index is 13.4. The van der Waals surface area contributed by atoms with E-state index in [4.69, 9.17) is 22.1 Å². The van der Waals surface area contributed by atoms with Gasteiger partial charge in [-0.1, -0.05) is 90.0 Å². The maximum Gasteiger partial charge on any atom is 0.309 e. The van der Waals surface area contributed by atoms with Gasteiger partial charge >= 0.3 is 5.97 Å². The average molecular weight is 491 g/mol. The van der Waals surface area contributed by atoms with Gasteiger partial charge in [-0.2, -0.15) is 0 Å². The number of amides is 1. The molecule has 3 aromatic rings. The minimum atomic E-state index is -1.31. The minimum Gasteiger partial charge on any atom is -0.444 e. The largest absolute Gasteiger partial charge is 0.444 e. The van der Waals surface area contributed by atoms with E-state index in [1.54, 1.807) is 11.0 Å². The number of hydrogen-bond donors (Lipinski definition) is 1. The highest BCUT2D eigenvalue weighted by Crippen LogP contribution is 2.43. The molecular formula is C29H31ClN2O3. The summed E-state index contributed by atoms with van der Waals surface area (Å²) in [6, 6.07) is 23.8. The fourth-order valence-electron chi connectivity index (χ4n) is 4.69. The normalized spacial score (nSPS) is 16.3. The van der Waals surface area contributed by atoms with Gasteiger partial charge in [-0.05, 0) is 32.3 Å². The van der Waals surface area contributed by atoms with Crippen LogP contribution < -0.4 is 5.73 Å². The monoisotopic (exact) mass is 490 g/mol. The Hall–Kier alpha value is -3.15. The minimum absolute atomic E-state index is 0.208. The highest BCUT2D eigenvalue weighted by atomic mass is 35.5. The molecule has 2 N–H and O–H groups in total. The van der Waals surface area contributed by atoms with Gasteiger partial charge in [-0.15, -0.1) is 0 Å². The highest BCUT2D eigenvalue weighted by molar-refractivity contribution is 6.31. The number of carbonyl (C=O) groups is 2. The van der Waals surface area contributed by atoms with Gasteiger partial charge in [0, 0.05) is 34.8 Å². The third-order valence-corrected chi connectivity index (χ3v) is 6.86. The fraction of sp³-hybridized carbons (Fsp3) is 0.310. The number of nitrogens with zero attached hydrogens (tertiary/aromatic N) is 1. The van der Waals surface area contributed by atoms with Crippen molar-refractivity contribution in [1.29, 1.82) is 0 Å². The number of rotatable bonds is 7. The molecule has 1 aliphatic rings. The zero-order valence-corrected chi connectivity index (χ0v) is 20.7. The van der Waals surface area contributed by atoms with Crippen LogP contribution in [-0.2, 0) is 19.9 Å². The van der Waals surface area contributed by atoms with E-state index in [0.29, 0.717) is 23.7 Å². The molecule has 1 amide bonds. The van der Waals surface area contributed by atoms with Gasteiger partial charge in [0.05, 0.1) is 12.5 Å². The summed E-state index contributed by atoms with van der Waals surface area (Å²) in [5.41, 5.74) is 8.13. The Kier molecular flexibility index (Phi) is 7.89. The van der Waals surface area contributed by atoms with E-state index >= 15 is 0 Å². The van der Waals surface area contributed by atoms with Crippen molar-refractivity contribution in [3.63, 3.8) is 0 Å². The summed E-state index contributed by atoms with van der Waals surface area (Å²) >= 11 is 6.70. The summed E-state index contributed by atoms with van der Waals surface area (Å²) in [5.74, 6) is -0.771. The van der Waals surface area contributed by atoms with Crippen LogP contribution in [0.5, 0.6) is 0 Å². The molecule has 0 aliphatic carbocycles. The molecule has 0 saturated carbocycles. The predicted octanol–water partition coefficient (Wildman–Crippen LogP) is 5.21. The van der Waals surface area contributed by atoms with Crippen LogP contribution in [0.4, 0.5) is 0 Å². The van der Waals surface area contributed by atoms with Crippen LogP contribution >= 0.6 is 11.6 Å². The molecule has 2 atom stereocenters. The number of aryl methyl sites for hydroxylation is 1. The molecule has 4 rings (SSSR count). The molecule has 1 heterocycles. The molecule has 1 fully saturated rings. The number of hydrogen-bond acceptors (Lipinski definition) is 4. The summed E-state index contributed by atoms with van der Waals surface area (Å²) in [4.78, 5) is 28.1. The highest BCUT2D eigenvalue weighted by Gasteiger charge is 2.42. The third kappa shape index (κ3) is 5.42. The van der Waals surface area contributed by atoms with Crippen molar-refractivity contribution in [3.05, 3.63) is 106 Å². The number of nitrogens with two attached hydrogens (primary N) is 1. The molecule has 0 bridgehead atoms. The van der Waals surface area contributed by atoms with E-state index in [-0.39, 0.29) is 12.3 Å². The number of benzene rings is 3. The first kappa shape index (κ1) is 25.0. The lowest BCUT2D eigenvalue weighted by Crippen LogP contribution is -2.47. The lowest BCUT2D eigenvalue weighted by molar-refractivity contribution is -0.155. The van der Waals surface area contributed by atoms with Gasteiger partial charge in [0.2, 0.25) is 5.91 Å². The van der Waals surface area contributed by atoms with E-state index < -0.39 is 17.6 Å². The molecule has 5 nitrogen and oxygen atoms in total. The van der Waals surface area contributed by atoms with E-state index in [1.807, 2.05) is 79.7 Å². The molecule has 182 valence electrons. The van der Waals surface area contributed by atoms with Crippen molar-refractivity contribution >= 4 is 23.5 Å². The van der Waals surface area contributed by atoms with Crippen molar-refractivity contribution in [1.82, 2.24) is 4.90 Å². The Morgan fingerprint density at radius 3 is 2.17 bits per heavy atom. The molecular weight excluding hydrogens is 460 g/mol.